The number of carbonyl (C=O) groups excluding carboxylic acids is 1. The first kappa shape index (κ1) is 14.0. The number of carbonyl (C=O) groups is 1. The van der Waals surface area contributed by atoms with E-state index in [0.717, 1.165) is 10.0 Å². The maximum absolute atomic E-state index is 11.9. The molecule has 1 amide bonds. The lowest BCUT2D eigenvalue weighted by molar-refractivity contribution is 0.0934. The summed E-state index contributed by atoms with van der Waals surface area (Å²) in [5, 5.41) is 10.5. The Morgan fingerprint density at radius 2 is 1.89 bits per heavy atom. The molecule has 1 heterocycles. The van der Waals surface area contributed by atoms with Crippen LogP contribution in [-0.2, 0) is 0 Å². The van der Waals surface area contributed by atoms with Crippen molar-refractivity contribution in [1.82, 2.24) is 15.5 Å². The highest BCUT2D eigenvalue weighted by molar-refractivity contribution is 9.10. The number of rotatable bonds is 3. The second-order valence-electron chi connectivity index (χ2n) is 3.99. The van der Waals surface area contributed by atoms with Gasteiger partial charge in [-0.3, -0.25) is 4.79 Å². The molecule has 0 spiro atoms. The van der Waals surface area contributed by atoms with Gasteiger partial charge in [0.1, 0.15) is 0 Å². The number of aromatic nitrogens is 2. The largest absolute Gasteiger partial charge is 0.344 e. The van der Waals surface area contributed by atoms with Crippen molar-refractivity contribution < 1.29 is 4.79 Å². The van der Waals surface area contributed by atoms with Gasteiger partial charge in [-0.15, -0.1) is 10.2 Å². The summed E-state index contributed by atoms with van der Waals surface area (Å²) in [6, 6.07) is 10.7. The minimum atomic E-state index is -0.278. The quantitative estimate of drug-likeness (QED) is 0.932. The fraction of sp³-hybridized carbons (Fsp3) is 0.154. The molecule has 98 valence electrons. The van der Waals surface area contributed by atoms with Gasteiger partial charge in [0, 0.05) is 4.47 Å². The molecule has 0 aliphatic heterocycles. The van der Waals surface area contributed by atoms with E-state index in [0.29, 0.717) is 0 Å². The molecule has 0 aliphatic carbocycles. The van der Waals surface area contributed by atoms with Crippen LogP contribution in [-0.4, -0.2) is 16.1 Å². The minimum Gasteiger partial charge on any atom is -0.344 e. The van der Waals surface area contributed by atoms with Gasteiger partial charge in [0.05, 0.1) is 6.04 Å². The number of nitrogens with zero attached hydrogens (tertiary/aromatic N) is 2. The van der Waals surface area contributed by atoms with E-state index in [9.17, 15) is 4.79 Å². The number of nitrogens with one attached hydrogen (secondary N) is 1. The third-order valence-electron chi connectivity index (χ3n) is 2.58. The Morgan fingerprint density at radius 3 is 2.47 bits per heavy atom. The van der Waals surface area contributed by atoms with E-state index in [4.69, 9.17) is 11.6 Å². The lowest BCUT2D eigenvalue weighted by atomic mass is 10.1. The predicted octanol–water partition coefficient (Wildman–Crippen LogP) is 3.38. The molecule has 0 bridgehead atoms. The average molecular weight is 341 g/mol. The van der Waals surface area contributed by atoms with Gasteiger partial charge in [0.25, 0.3) is 5.91 Å². The van der Waals surface area contributed by atoms with Gasteiger partial charge in [-0.25, -0.2) is 0 Å². The molecule has 1 atom stereocenters. The third-order valence-corrected chi connectivity index (χ3v) is 3.31. The number of hydrogen-bond donors (Lipinski definition) is 1. The van der Waals surface area contributed by atoms with Crippen molar-refractivity contribution >= 4 is 33.4 Å². The van der Waals surface area contributed by atoms with Crippen molar-refractivity contribution in [1.29, 1.82) is 0 Å². The summed E-state index contributed by atoms with van der Waals surface area (Å²) in [6.07, 6.45) is 0. The Hall–Kier alpha value is -1.46. The summed E-state index contributed by atoms with van der Waals surface area (Å²) in [4.78, 5) is 11.9. The van der Waals surface area contributed by atoms with E-state index >= 15 is 0 Å². The smallest absolute Gasteiger partial charge is 0.272 e. The lowest BCUT2D eigenvalue weighted by Gasteiger charge is -2.13. The molecule has 1 N–H and O–H groups in total. The SMILES string of the molecule is CC(NC(=O)c1ccc(Cl)nn1)c1ccc(Br)cc1. The van der Waals surface area contributed by atoms with Crippen molar-refractivity contribution in [3.8, 4) is 0 Å². The molecule has 19 heavy (non-hydrogen) atoms. The van der Waals surface area contributed by atoms with E-state index in [-0.39, 0.29) is 22.8 Å². The number of benzene rings is 1. The second kappa shape index (κ2) is 6.12. The Balaban J connectivity index is 2.06. The molecule has 1 unspecified atom stereocenters. The summed E-state index contributed by atoms with van der Waals surface area (Å²) in [5.41, 5.74) is 1.26. The molecular formula is C13H11BrClN3O. The number of amides is 1. The lowest BCUT2D eigenvalue weighted by Crippen LogP contribution is -2.27. The standard InChI is InChI=1S/C13H11BrClN3O/c1-8(9-2-4-10(14)5-3-9)16-13(19)11-6-7-12(15)18-17-11/h2-8H,1H3,(H,16,19). The highest BCUT2D eigenvalue weighted by atomic mass is 79.9. The highest BCUT2D eigenvalue weighted by Gasteiger charge is 2.12. The van der Waals surface area contributed by atoms with E-state index in [1.54, 1.807) is 6.07 Å². The second-order valence-corrected chi connectivity index (χ2v) is 5.29. The molecule has 0 aliphatic rings. The Kier molecular flexibility index (Phi) is 4.50. The normalized spacial score (nSPS) is 11.9. The van der Waals surface area contributed by atoms with Crippen LogP contribution in [0.25, 0.3) is 0 Å². The van der Waals surface area contributed by atoms with Crippen molar-refractivity contribution in [2.45, 2.75) is 13.0 Å². The van der Waals surface area contributed by atoms with Gasteiger partial charge in [-0.2, -0.15) is 0 Å². The van der Waals surface area contributed by atoms with E-state index in [2.05, 4.69) is 31.4 Å². The molecular weight excluding hydrogens is 330 g/mol. The molecule has 6 heteroatoms. The molecule has 0 saturated heterocycles. The fourth-order valence-electron chi connectivity index (χ4n) is 1.54. The molecule has 1 aromatic heterocycles. The molecule has 2 rings (SSSR count). The highest BCUT2D eigenvalue weighted by Crippen LogP contribution is 2.16. The van der Waals surface area contributed by atoms with Gasteiger partial charge < -0.3 is 5.32 Å². The van der Waals surface area contributed by atoms with Crippen LogP contribution in [0.1, 0.15) is 29.0 Å². The molecule has 0 radical (unpaired) electrons. The summed E-state index contributed by atoms with van der Waals surface area (Å²) < 4.78 is 0.998. The van der Waals surface area contributed by atoms with Crippen LogP contribution in [0.15, 0.2) is 40.9 Å². The molecule has 0 saturated carbocycles. The van der Waals surface area contributed by atoms with Gasteiger partial charge in [0.2, 0.25) is 0 Å². The Labute approximate surface area is 124 Å². The van der Waals surface area contributed by atoms with Crippen molar-refractivity contribution in [2.75, 3.05) is 0 Å². The third kappa shape index (κ3) is 3.75. The maximum atomic E-state index is 11.9. The molecule has 1 aromatic carbocycles. The zero-order chi connectivity index (χ0) is 13.8. The monoisotopic (exact) mass is 339 g/mol. The van der Waals surface area contributed by atoms with E-state index in [1.807, 2.05) is 31.2 Å². The van der Waals surface area contributed by atoms with E-state index < -0.39 is 0 Å². The average Bonchev–Trinajstić information content (AvgIpc) is 2.40. The van der Waals surface area contributed by atoms with Crippen LogP contribution in [0.3, 0.4) is 0 Å². The van der Waals surface area contributed by atoms with Crippen LogP contribution >= 0.6 is 27.5 Å². The Bertz CT molecular complexity index is 571. The number of halogens is 2. The zero-order valence-corrected chi connectivity index (χ0v) is 12.4. The maximum Gasteiger partial charge on any atom is 0.272 e. The van der Waals surface area contributed by atoms with Gasteiger partial charge >= 0.3 is 0 Å². The molecule has 4 nitrogen and oxygen atoms in total. The van der Waals surface area contributed by atoms with Gasteiger partial charge in [0.15, 0.2) is 10.8 Å². The first-order valence-electron chi connectivity index (χ1n) is 5.62. The van der Waals surface area contributed by atoms with Crippen LogP contribution in [0, 0.1) is 0 Å². The zero-order valence-electron chi connectivity index (χ0n) is 10.1. The molecule has 2 aromatic rings. The topological polar surface area (TPSA) is 54.9 Å². The van der Waals surface area contributed by atoms with Crippen molar-refractivity contribution in [2.24, 2.45) is 0 Å². The van der Waals surface area contributed by atoms with Crippen LogP contribution in [0.2, 0.25) is 5.15 Å². The van der Waals surface area contributed by atoms with Crippen LogP contribution < -0.4 is 5.32 Å². The summed E-state index contributed by atoms with van der Waals surface area (Å²) in [5.74, 6) is -0.278. The van der Waals surface area contributed by atoms with Crippen LogP contribution in [0.5, 0.6) is 0 Å². The summed E-state index contributed by atoms with van der Waals surface area (Å²) >= 11 is 8.99. The Morgan fingerprint density at radius 1 is 1.21 bits per heavy atom. The fourth-order valence-corrected chi connectivity index (χ4v) is 1.91. The first-order chi connectivity index (χ1) is 9.06. The first-order valence-corrected chi connectivity index (χ1v) is 6.79. The number of hydrogen-bond acceptors (Lipinski definition) is 3. The predicted molar refractivity (Wildman–Crippen MR) is 77.1 cm³/mol. The molecule has 0 fully saturated rings. The summed E-state index contributed by atoms with van der Waals surface area (Å²) in [7, 11) is 0. The van der Waals surface area contributed by atoms with E-state index in [1.165, 1.54) is 6.07 Å². The minimum absolute atomic E-state index is 0.113. The van der Waals surface area contributed by atoms with Gasteiger partial charge in [-0.05, 0) is 36.8 Å². The summed E-state index contributed by atoms with van der Waals surface area (Å²) in [6.45, 7) is 1.91. The van der Waals surface area contributed by atoms with Crippen LogP contribution in [0.4, 0.5) is 0 Å². The van der Waals surface area contributed by atoms with Crippen molar-refractivity contribution in [3.05, 3.63) is 57.3 Å². The van der Waals surface area contributed by atoms with Crippen molar-refractivity contribution in [3.63, 3.8) is 0 Å². The van der Waals surface area contributed by atoms with Gasteiger partial charge in [-0.1, -0.05) is 39.7 Å².